The highest BCUT2D eigenvalue weighted by Crippen LogP contribution is 2.30. The summed E-state index contributed by atoms with van der Waals surface area (Å²) >= 11 is 0. The van der Waals surface area contributed by atoms with Crippen LogP contribution in [0, 0.1) is 11.3 Å². The largest absolute Gasteiger partial charge is 0.493 e. The molecule has 5 heteroatoms. The lowest BCUT2D eigenvalue weighted by Crippen LogP contribution is -2.13. The molecule has 0 heterocycles. The number of benzene rings is 3. The standard InChI is InChI=1S/C24H20N2O3/c1-28-22-13-12-21(15-23(22)29-2)26-24(27)20(16-25)14-17-8-10-19(11-9-17)18-6-4-3-5-7-18/h3-15H,1-2H3,(H,26,27)/b20-14+. The Hall–Kier alpha value is -4.04. The highest BCUT2D eigenvalue weighted by molar-refractivity contribution is 6.09. The lowest BCUT2D eigenvalue weighted by molar-refractivity contribution is -0.112. The zero-order chi connectivity index (χ0) is 20.6. The van der Waals surface area contributed by atoms with E-state index in [0.29, 0.717) is 17.2 Å². The molecule has 0 aliphatic carbocycles. The molecule has 0 bridgehead atoms. The summed E-state index contributed by atoms with van der Waals surface area (Å²) in [5, 5.41) is 12.1. The van der Waals surface area contributed by atoms with Crippen molar-refractivity contribution >= 4 is 17.7 Å². The molecule has 0 aromatic heterocycles. The van der Waals surface area contributed by atoms with Crippen LogP contribution in [0.4, 0.5) is 5.69 Å². The number of nitrogens with one attached hydrogen (secondary N) is 1. The van der Waals surface area contributed by atoms with Gasteiger partial charge in [-0.2, -0.15) is 5.26 Å². The molecule has 0 aliphatic heterocycles. The van der Waals surface area contributed by atoms with Crippen LogP contribution in [0.1, 0.15) is 5.56 Å². The van der Waals surface area contributed by atoms with Gasteiger partial charge >= 0.3 is 0 Å². The summed E-state index contributed by atoms with van der Waals surface area (Å²) in [5.41, 5.74) is 3.45. The summed E-state index contributed by atoms with van der Waals surface area (Å²) < 4.78 is 10.4. The van der Waals surface area contributed by atoms with E-state index >= 15 is 0 Å². The quantitative estimate of drug-likeness (QED) is 0.484. The fourth-order valence-electron chi connectivity index (χ4n) is 2.83. The average Bonchev–Trinajstić information content (AvgIpc) is 2.78. The Bertz CT molecular complexity index is 1070. The summed E-state index contributed by atoms with van der Waals surface area (Å²) in [4.78, 5) is 12.5. The van der Waals surface area contributed by atoms with Crippen LogP contribution >= 0.6 is 0 Å². The molecule has 0 radical (unpaired) electrons. The van der Waals surface area contributed by atoms with E-state index in [1.165, 1.54) is 14.2 Å². The third-order valence-corrected chi connectivity index (χ3v) is 4.34. The predicted octanol–water partition coefficient (Wildman–Crippen LogP) is 4.92. The number of nitrogens with zero attached hydrogens (tertiary/aromatic N) is 1. The van der Waals surface area contributed by atoms with Crippen LogP contribution in [-0.4, -0.2) is 20.1 Å². The Balaban J connectivity index is 1.77. The van der Waals surface area contributed by atoms with Gasteiger partial charge in [0.05, 0.1) is 14.2 Å². The molecule has 1 amide bonds. The second-order valence-electron chi connectivity index (χ2n) is 6.18. The smallest absolute Gasteiger partial charge is 0.266 e. The SMILES string of the molecule is COc1ccc(NC(=O)/C(C#N)=C/c2ccc(-c3ccccc3)cc2)cc1OC. The number of carbonyl (C=O) groups is 1. The Morgan fingerprint density at radius 2 is 1.55 bits per heavy atom. The van der Waals surface area contributed by atoms with E-state index in [2.05, 4.69) is 5.32 Å². The number of carbonyl (C=O) groups excluding carboxylic acids is 1. The minimum Gasteiger partial charge on any atom is -0.493 e. The Labute approximate surface area is 169 Å². The Morgan fingerprint density at radius 3 is 2.17 bits per heavy atom. The highest BCUT2D eigenvalue weighted by Gasteiger charge is 2.12. The van der Waals surface area contributed by atoms with Crippen molar-refractivity contribution in [3.8, 4) is 28.7 Å². The second kappa shape index (κ2) is 9.25. The first kappa shape index (κ1) is 19.7. The van der Waals surface area contributed by atoms with Crippen LogP contribution in [0.2, 0.25) is 0 Å². The number of hydrogen-bond donors (Lipinski definition) is 1. The molecule has 0 saturated carbocycles. The number of nitriles is 1. The second-order valence-corrected chi connectivity index (χ2v) is 6.18. The fraction of sp³-hybridized carbons (Fsp3) is 0.0833. The molecule has 29 heavy (non-hydrogen) atoms. The van der Waals surface area contributed by atoms with Crippen molar-refractivity contribution in [2.24, 2.45) is 0 Å². The number of anilines is 1. The summed E-state index contributed by atoms with van der Waals surface area (Å²) in [5.74, 6) is 0.552. The van der Waals surface area contributed by atoms with E-state index in [4.69, 9.17) is 9.47 Å². The van der Waals surface area contributed by atoms with Crippen LogP contribution < -0.4 is 14.8 Å². The van der Waals surface area contributed by atoms with E-state index in [1.54, 1.807) is 24.3 Å². The van der Waals surface area contributed by atoms with Gasteiger partial charge in [-0.3, -0.25) is 4.79 Å². The molecule has 0 saturated heterocycles. The number of rotatable bonds is 6. The highest BCUT2D eigenvalue weighted by atomic mass is 16.5. The van der Waals surface area contributed by atoms with Crippen LogP contribution in [0.5, 0.6) is 11.5 Å². The van der Waals surface area contributed by atoms with Crippen molar-refractivity contribution in [1.82, 2.24) is 0 Å². The molecule has 0 atom stereocenters. The third-order valence-electron chi connectivity index (χ3n) is 4.34. The Kier molecular flexibility index (Phi) is 6.29. The molecular weight excluding hydrogens is 364 g/mol. The van der Waals surface area contributed by atoms with Gasteiger partial charge in [0, 0.05) is 11.8 Å². The Morgan fingerprint density at radius 1 is 0.897 bits per heavy atom. The van der Waals surface area contributed by atoms with Gasteiger partial charge in [-0.15, -0.1) is 0 Å². The normalized spacial score (nSPS) is 10.7. The first-order valence-electron chi connectivity index (χ1n) is 8.95. The van der Waals surface area contributed by atoms with Crippen LogP contribution in [0.15, 0.2) is 78.4 Å². The molecule has 144 valence electrons. The molecular formula is C24H20N2O3. The fourth-order valence-corrected chi connectivity index (χ4v) is 2.83. The topological polar surface area (TPSA) is 71.3 Å². The first-order chi connectivity index (χ1) is 14.1. The summed E-state index contributed by atoms with van der Waals surface area (Å²) in [6.45, 7) is 0. The van der Waals surface area contributed by atoms with Gasteiger partial charge in [-0.05, 0) is 34.9 Å². The monoisotopic (exact) mass is 384 g/mol. The van der Waals surface area contributed by atoms with E-state index in [9.17, 15) is 10.1 Å². The van der Waals surface area contributed by atoms with Gasteiger partial charge < -0.3 is 14.8 Å². The van der Waals surface area contributed by atoms with Crippen molar-refractivity contribution < 1.29 is 14.3 Å². The lowest BCUT2D eigenvalue weighted by atomic mass is 10.0. The molecule has 0 unspecified atom stereocenters. The zero-order valence-corrected chi connectivity index (χ0v) is 16.2. The molecule has 5 nitrogen and oxygen atoms in total. The van der Waals surface area contributed by atoms with Gasteiger partial charge in [0.1, 0.15) is 11.6 Å². The van der Waals surface area contributed by atoms with Gasteiger partial charge in [0.25, 0.3) is 5.91 Å². The third kappa shape index (κ3) is 4.82. The molecule has 1 N–H and O–H groups in total. The molecule has 0 spiro atoms. The van der Waals surface area contributed by atoms with E-state index < -0.39 is 5.91 Å². The van der Waals surface area contributed by atoms with E-state index in [0.717, 1.165) is 16.7 Å². The first-order valence-corrected chi connectivity index (χ1v) is 8.95. The minimum atomic E-state index is -0.494. The summed E-state index contributed by atoms with van der Waals surface area (Å²) in [6, 6.07) is 24.6. The molecule has 3 aromatic carbocycles. The maximum Gasteiger partial charge on any atom is 0.266 e. The average molecular weight is 384 g/mol. The van der Waals surface area contributed by atoms with Crippen molar-refractivity contribution in [2.75, 3.05) is 19.5 Å². The number of ether oxygens (including phenoxy) is 2. The molecule has 0 fully saturated rings. The summed E-state index contributed by atoms with van der Waals surface area (Å²) in [7, 11) is 3.05. The van der Waals surface area contributed by atoms with Crippen LogP contribution in [0.25, 0.3) is 17.2 Å². The minimum absolute atomic E-state index is 0.00671. The van der Waals surface area contributed by atoms with Crippen LogP contribution in [-0.2, 0) is 4.79 Å². The summed E-state index contributed by atoms with van der Waals surface area (Å²) in [6.07, 6.45) is 1.56. The molecule has 0 aliphatic rings. The van der Waals surface area contributed by atoms with Crippen molar-refractivity contribution in [2.45, 2.75) is 0 Å². The lowest BCUT2D eigenvalue weighted by Gasteiger charge is -2.10. The van der Waals surface area contributed by atoms with Gasteiger partial charge in [0.15, 0.2) is 11.5 Å². The van der Waals surface area contributed by atoms with Crippen LogP contribution in [0.3, 0.4) is 0 Å². The van der Waals surface area contributed by atoms with E-state index in [1.807, 2.05) is 60.7 Å². The number of amides is 1. The maximum absolute atomic E-state index is 12.5. The van der Waals surface area contributed by atoms with Gasteiger partial charge in [-0.25, -0.2) is 0 Å². The van der Waals surface area contributed by atoms with Gasteiger partial charge in [0.2, 0.25) is 0 Å². The van der Waals surface area contributed by atoms with Crippen molar-refractivity contribution in [1.29, 1.82) is 5.26 Å². The van der Waals surface area contributed by atoms with Crippen molar-refractivity contribution in [3.63, 3.8) is 0 Å². The zero-order valence-electron chi connectivity index (χ0n) is 16.2. The molecule has 3 aromatic rings. The van der Waals surface area contributed by atoms with E-state index in [-0.39, 0.29) is 5.57 Å². The number of methoxy groups -OCH3 is 2. The van der Waals surface area contributed by atoms with Crippen molar-refractivity contribution in [3.05, 3.63) is 83.9 Å². The number of hydrogen-bond acceptors (Lipinski definition) is 4. The maximum atomic E-state index is 12.5. The predicted molar refractivity (Wildman–Crippen MR) is 114 cm³/mol. The molecule has 3 rings (SSSR count). The van der Waals surface area contributed by atoms with Gasteiger partial charge in [-0.1, -0.05) is 54.6 Å².